The van der Waals surface area contributed by atoms with Gasteiger partial charge in [-0.05, 0) is 82.3 Å². The molecule has 0 heterocycles. The molecule has 0 saturated carbocycles. The van der Waals surface area contributed by atoms with Gasteiger partial charge in [-0.2, -0.15) is 0 Å². The molecule has 0 aromatic heterocycles. The number of carbonyl (C=O) groups is 1. The molecule has 1 aliphatic carbocycles. The van der Waals surface area contributed by atoms with Crippen molar-refractivity contribution in [1.82, 2.24) is 0 Å². The van der Waals surface area contributed by atoms with E-state index in [1.54, 1.807) is 19.2 Å². The van der Waals surface area contributed by atoms with Crippen molar-refractivity contribution in [3.63, 3.8) is 0 Å². The van der Waals surface area contributed by atoms with E-state index in [9.17, 15) is 9.18 Å². The van der Waals surface area contributed by atoms with Crippen LogP contribution in [0.2, 0.25) is 0 Å². The molecule has 4 rings (SSSR count). The number of carbonyl (C=O) groups excluding carboxylic acids is 1. The van der Waals surface area contributed by atoms with Gasteiger partial charge in [0, 0.05) is 5.56 Å². The van der Waals surface area contributed by atoms with Crippen LogP contribution in [0.25, 0.3) is 11.1 Å². The second-order valence-corrected chi connectivity index (χ2v) is 10.1. The summed E-state index contributed by atoms with van der Waals surface area (Å²) in [5.41, 5.74) is 5.70. The Balaban J connectivity index is 1.55. The van der Waals surface area contributed by atoms with Gasteiger partial charge in [0.15, 0.2) is 0 Å². The molecule has 0 N–H and O–H groups in total. The van der Waals surface area contributed by atoms with Gasteiger partial charge in [0.2, 0.25) is 0 Å². The van der Waals surface area contributed by atoms with E-state index in [1.807, 2.05) is 18.2 Å². The summed E-state index contributed by atoms with van der Waals surface area (Å²) in [6.07, 6.45) is 2.30. The van der Waals surface area contributed by atoms with Gasteiger partial charge in [-0.1, -0.05) is 45.0 Å². The molecule has 1 atom stereocenters. The zero-order valence-corrected chi connectivity index (χ0v) is 21.1. The zero-order valence-electron chi connectivity index (χ0n) is 21.1. The first-order chi connectivity index (χ1) is 16.7. The topological polar surface area (TPSA) is 44.8 Å². The normalized spacial score (nSPS) is 15.0. The average Bonchev–Trinajstić information content (AvgIpc) is 3.24. The number of hydrogen-bond acceptors (Lipinski definition) is 4. The summed E-state index contributed by atoms with van der Waals surface area (Å²) in [5, 5.41) is 0. The predicted molar refractivity (Wildman–Crippen MR) is 136 cm³/mol. The minimum Gasteiger partial charge on any atom is -0.497 e. The Kier molecular flexibility index (Phi) is 7.15. The highest BCUT2D eigenvalue weighted by Gasteiger charge is 2.26. The highest BCUT2D eigenvalue weighted by atomic mass is 19.1. The fraction of sp³-hybridized carbons (Fsp3) is 0.367. The Hall–Kier alpha value is -3.34. The summed E-state index contributed by atoms with van der Waals surface area (Å²) in [5.74, 6) is 1.20. The number of methoxy groups -OCH3 is 2. The smallest absolute Gasteiger partial charge is 0.306 e. The van der Waals surface area contributed by atoms with Crippen molar-refractivity contribution in [2.75, 3.05) is 14.2 Å². The molecule has 0 aliphatic heterocycles. The van der Waals surface area contributed by atoms with Crippen molar-refractivity contribution < 1.29 is 23.4 Å². The number of aryl methyl sites for hydroxylation is 1. The van der Waals surface area contributed by atoms with Crippen LogP contribution in [0.15, 0.2) is 54.6 Å². The molecule has 184 valence electrons. The van der Waals surface area contributed by atoms with Gasteiger partial charge in [0.05, 0.1) is 20.6 Å². The van der Waals surface area contributed by atoms with E-state index in [2.05, 4.69) is 39.0 Å². The second-order valence-electron chi connectivity index (χ2n) is 10.1. The van der Waals surface area contributed by atoms with Crippen molar-refractivity contribution in [3.8, 4) is 22.6 Å². The second kappa shape index (κ2) is 10.1. The monoisotopic (exact) mass is 476 g/mol. The van der Waals surface area contributed by atoms with Crippen LogP contribution in [0, 0.1) is 5.82 Å². The van der Waals surface area contributed by atoms with Crippen LogP contribution in [0.1, 0.15) is 61.8 Å². The number of esters is 1. The van der Waals surface area contributed by atoms with Crippen LogP contribution >= 0.6 is 0 Å². The van der Waals surface area contributed by atoms with Crippen molar-refractivity contribution in [2.24, 2.45) is 0 Å². The molecule has 4 nitrogen and oxygen atoms in total. The van der Waals surface area contributed by atoms with E-state index in [0.717, 1.165) is 35.3 Å². The Morgan fingerprint density at radius 3 is 2.46 bits per heavy atom. The molecule has 0 saturated heterocycles. The van der Waals surface area contributed by atoms with E-state index in [0.29, 0.717) is 24.3 Å². The molecule has 3 aromatic rings. The van der Waals surface area contributed by atoms with Gasteiger partial charge in [-0.15, -0.1) is 0 Å². The van der Waals surface area contributed by atoms with E-state index in [4.69, 9.17) is 14.2 Å². The first-order valence-corrected chi connectivity index (χ1v) is 12.0. The zero-order chi connectivity index (χ0) is 25.2. The lowest BCUT2D eigenvalue weighted by Crippen LogP contribution is -2.14. The number of hydrogen-bond donors (Lipinski definition) is 0. The van der Waals surface area contributed by atoms with Crippen molar-refractivity contribution >= 4 is 5.97 Å². The molecule has 0 spiro atoms. The highest BCUT2D eigenvalue weighted by molar-refractivity contribution is 5.71. The fourth-order valence-corrected chi connectivity index (χ4v) is 4.81. The van der Waals surface area contributed by atoms with Crippen LogP contribution in [-0.4, -0.2) is 20.2 Å². The molecule has 3 aromatic carbocycles. The number of ether oxygens (including phenoxy) is 3. The summed E-state index contributed by atoms with van der Waals surface area (Å²) >= 11 is 0. The summed E-state index contributed by atoms with van der Waals surface area (Å²) in [6.45, 7) is 6.79. The molecule has 0 fully saturated rings. The average molecular weight is 477 g/mol. The predicted octanol–water partition coefficient (Wildman–Crippen LogP) is 6.97. The third kappa shape index (κ3) is 5.50. The van der Waals surface area contributed by atoms with Gasteiger partial charge in [0.1, 0.15) is 23.9 Å². The van der Waals surface area contributed by atoms with Gasteiger partial charge in [-0.25, -0.2) is 4.39 Å². The van der Waals surface area contributed by atoms with E-state index in [1.165, 1.54) is 24.3 Å². The minimum atomic E-state index is -0.274. The van der Waals surface area contributed by atoms with Gasteiger partial charge >= 0.3 is 5.97 Å². The van der Waals surface area contributed by atoms with Crippen LogP contribution in [0.4, 0.5) is 4.39 Å². The fourth-order valence-electron chi connectivity index (χ4n) is 4.81. The Labute approximate surface area is 207 Å². The van der Waals surface area contributed by atoms with Crippen LogP contribution < -0.4 is 9.47 Å². The Bertz CT molecular complexity index is 1230. The first kappa shape index (κ1) is 24.8. The third-order valence-electron chi connectivity index (χ3n) is 6.72. The number of rotatable bonds is 7. The lowest BCUT2D eigenvalue weighted by Gasteiger charge is -2.24. The number of fused-ring (bicyclic) bond motifs is 1. The van der Waals surface area contributed by atoms with Crippen LogP contribution in [0.3, 0.4) is 0 Å². The van der Waals surface area contributed by atoms with Gasteiger partial charge in [-0.3, -0.25) is 4.79 Å². The molecule has 0 amide bonds. The maximum absolute atomic E-state index is 14.8. The Morgan fingerprint density at radius 1 is 0.971 bits per heavy atom. The number of benzene rings is 3. The van der Waals surface area contributed by atoms with Gasteiger partial charge < -0.3 is 14.2 Å². The molecular formula is C30H33FO4. The van der Waals surface area contributed by atoms with Crippen molar-refractivity contribution in [3.05, 3.63) is 82.7 Å². The van der Waals surface area contributed by atoms with Crippen LogP contribution in [-0.2, 0) is 28.0 Å². The molecule has 5 heteroatoms. The van der Waals surface area contributed by atoms with E-state index in [-0.39, 0.29) is 23.1 Å². The molecular weight excluding hydrogens is 443 g/mol. The summed E-state index contributed by atoms with van der Waals surface area (Å²) in [6, 6.07) is 17.0. The van der Waals surface area contributed by atoms with E-state index < -0.39 is 0 Å². The van der Waals surface area contributed by atoms with Crippen LogP contribution in [0.5, 0.6) is 11.5 Å². The lowest BCUT2D eigenvalue weighted by molar-refractivity contribution is -0.141. The summed E-state index contributed by atoms with van der Waals surface area (Å²) < 4.78 is 31.1. The largest absolute Gasteiger partial charge is 0.497 e. The summed E-state index contributed by atoms with van der Waals surface area (Å²) in [7, 11) is 3.01. The molecule has 0 unspecified atom stereocenters. The molecule has 0 radical (unpaired) electrons. The Morgan fingerprint density at radius 2 is 1.74 bits per heavy atom. The third-order valence-corrected chi connectivity index (χ3v) is 6.72. The SMILES string of the molecule is COC(=O)C[C@H]1CCc2cc(OCc3ccc(-c4cc(OC)ccc4F)c(C(C)(C)C)c3)ccc21. The lowest BCUT2D eigenvalue weighted by atomic mass is 9.81. The van der Waals surface area contributed by atoms with Crippen molar-refractivity contribution in [2.45, 2.75) is 58.0 Å². The highest BCUT2D eigenvalue weighted by Crippen LogP contribution is 2.39. The standard InChI is InChI=1S/C30H33FO4/c1-30(2,3)27-14-19(6-11-25(27)26-17-22(33-4)10-13-28(26)31)18-35-23-9-12-24-20(15-23)7-8-21(24)16-29(32)34-5/h6,9-15,17,21H,7-8,16,18H2,1-5H3/t21-/m1/s1. The number of halogens is 1. The quantitative estimate of drug-likeness (QED) is 0.346. The first-order valence-electron chi connectivity index (χ1n) is 12.0. The molecule has 1 aliphatic rings. The van der Waals surface area contributed by atoms with Crippen molar-refractivity contribution in [1.29, 1.82) is 0 Å². The maximum atomic E-state index is 14.8. The van der Waals surface area contributed by atoms with Gasteiger partial charge in [0.25, 0.3) is 0 Å². The molecule has 0 bridgehead atoms. The minimum absolute atomic E-state index is 0.171. The maximum Gasteiger partial charge on any atom is 0.306 e. The summed E-state index contributed by atoms with van der Waals surface area (Å²) in [4.78, 5) is 11.7. The van der Waals surface area contributed by atoms with E-state index >= 15 is 0 Å². The molecule has 35 heavy (non-hydrogen) atoms.